The molecule has 198 valence electrons. The maximum Gasteiger partial charge on any atom is -0.0471 e. The maximum atomic E-state index is 2.25. The highest BCUT2D eigenvalue weighted by Crippen LogP contribution is 2.02. The van der Waals surface area contributed by atoms with Crippen molar-refractivity contribution in [3.05, 3.63) is 0 Å². The Morgan fingerprint density at radius 2 is 0.387 bits per heavy atom. The second-order valence-corrected chi connectivity index (χ2v) is 10.9. The number of hydrogen-bond acceptors (Lipinski definition) is 0. The monoisotopic (exact) mass is 447 g/mol. The zero-order valence-electron chi connectivity index (χ0n) is 25.0. The van der Waals surface area contributed by atoms with Crippen molar-refractivity contribution < 1.29 is 0 Å². The highest BCUT2D eigenvalue weighted by Gasteiger charge is 1.87. The topological polar surface area (TPSA) is 0 Å². The van der Waals surface area contributed by atoms with E-state index in [2.05, 4.69) is 104 Å². The molecule has 0 aromatic rings. The molecule has 0 heteroatoms. The lowest BCUT2D eigenvalue weighted by molar-refractivity contribution is 0.576. The molecule has 0 amide bonds. The molecule has 0 saturated heterocycles. The van der Waals surface area contributed by atoms with Crippen LogP contribution in [0, 0.1) is 29.6 Å². The van der Waals surface area contributed by atoms with E-state index in [1.165, 1.54) is 64.2 Å². The molecule has 0 atom stereocenters. The highest BCUT2D eigenvalue weighted by atomic mass is 13.9. The van der Waals surface area contributed by atoms with Crippen molar-refractivity contribution in [2.75, 3.05) is 0 Å². The van der Waals surface area contributed by atoms with E-state index in [9.17, 15) is 0 Å². The van der Waals surface area contributed by atoms with E-state index in [0.717, 1.165) is 29.6 Å². The first-order chi connectivity index (χ1) is 13.9. The highest BCUT2D eigenvalue weighted by molar-refractivity contribution is 4.40. The maximum absolute atomic E-state index is 2.25. The number of hydrogen-bond donors (Lipinski definition) is 0. The smallest absolute Gasteiger partial charge is 0.0471 e. The molecule has 0 saturated carbocycles. The SMILES string of the molecule is C.CCCC(C)C.CCCC(C)C.CCCC(C)C.CCCC(C)C.CCCC(C)C. The zero-order chi connectivity index (χ0) is 25.0. The average Bonchev–Trinajstić information content (AvgIpc) is 2.56. The van der Waals surface area contributed by atoms with Gasteiger partial charge in [-0.15, -0.1) is 0 Å². The second kappa shape index (κ2) is 40.4. The Morgan fingerprint density at radius 1 is 0.290 bits per heavy atom. The molecule has 0 aliphatic carbocycles. The quantitative estimate of drug-likeness (QED) is 0.313. The van der Waals surface area contributed by atoms with E-state index in [0.29, 0.717) is 0 Å². The molecule has 0 aromatic carbocycles. The third-order valence-corrected chi connectivity index (χ3v) is 4.33. The van der Waals surface area contributed by atoms with E-state index >= 15 is 0 Å². The predicted molar refractivity (Wildman–Crippen MR) is 155 cm³/mol. The van der Waals surface area contributed by atoms with Crippen LogP contribution >= 0.6 is 0 Å². The first-order valence-corrected chi connectivity index (χ1v) is 13.9. The Labute approximate surface area is 205 Å². The van der Waals surface area contributed by atoms with Crippen molar-refractivity contribution in [1.82, 2.24) is 0 Å². The van der Waals surface area contributed by atoms with Gasteiger partial charge in [0.1, 0.15) is 0 Å². The Balaban J connectivity index is -0.0000000625. The fourth-order valence-corrected chi connectivity index (χ4v) is 2.89. The minimum Gasteiger partial charge on any atom is -0.0776 e. The lowest BCUT2D eigenvalue weighted by atomic mass is 10.1. The summed E-state index contributed by atoms with van der Waals surface area (Å²) >= 11 is 0. The van der Waals surface area contributed by atoms with Gasteiger partial charge in [0.2, 0.25) is 0 Å². The van der Waals surface area contributed by atoms with Crippen molar-refractivity contribution in [2.45, 2.75) is 175 Å². The van der Waals surface area contributed by atoms with Crippen LogP contribution in [0.2, 0.25) is 0 Å². The molecular weight excluding hydrogens is 372 g/mol. The van der Waals surface area contributed by atoms with Gasteiger partial charge in [0, 0.05) is 0 Å². The molecular formula is C31H74. The summed E-state index contributed by atoms with van der Waals surface area (Å²) in [4.78, 5) is 0. The van der Waals surface area contributed by atoms with Crippen molar-refractivity contribution >= 4 is 0 Å². The van der Waals surface area contributed by atoms with E-state index in [1.54, 1.807) is 0 Å². The van der Waals surface area contributed by atoms with Crippen LogP contribution in [0.1, 0.15) is 175 Å². The first kappa shape index (κ1) is 44.6. The van der Waals surface area contributed by atoms with Crippen LogP contribution in [-0.2, 0) is 0 Å². The van der Waals surface area contributed by atoms with Gasteiger partial charge < -0.3 is 0 Å². The van der Waals surface area contributed by atoms with Crippen molar-refractivity contribution in [3.8, 4) is 0 Å². The summed E-state index contributed by atoms with van der Waals surface area (Å²) in [6, 6.07) is 0. The summed E-state index contributed by atoms with van der Waals surface area (Å²) in [5.41, 5.74) is 0. The number of rotatable bonds is 10. The summed E-state index contributed by atoms with van der Waals surface area (Å²) in [5, 5.41) is 0. The van der Waals surface area contributed by atoms with Gasteiger partial charge in [-0.1, -0.05) is 175 Å². The minimum atomic E-state index is 0. The van der Waals surface area contributed by atoms with Crippen LogP contribution in [-0.4, -0.2) is 0 Å². The van der Waals surface area contributed by atoms with Crippen LogP contribution in [0.5, 0.6) is 0 Å². The molecule has 0 aliphatic heterocycles. The molecule has 0 unspecified atom stereocenters. The molecule has 0 radical (unpaired) electrons. The van der Waals surface area contributed by atoms with Gasteiger partial charge in [0.05, 0.1) is 0 Å². The molecule has 0 rings (SSSR count). The second-order valence-electron chi connectivity index (χ2n) is 10.9. The molecule has 0 fully saturated rings. The fraction of sp³-hybridized carbons (Fsp3) is 1.00. The van der Waals surface area contributed by atoms with Gasteiger partial charge in [0.15, 0.2) is 0 Å². The minimum absolute atomic E-state index is 0. The third-order valence-electron chi connectivity index (χ3n) is 4.33. The zero-order valence-corrected chi connectivity index (χ0v) is 25.0. The van der Waals surface area contributed by atoms with Gasteiger partial charge in [0.25, 0.3) is 0 Å². The van der Waals surface area contributed by atoms with Crippen LogP contribution in [0.3, 0.4) is 0 Å². The summed E-state index contributed by atoms with van der Waals surface area (Å²) < 4.78 is 0. The van der Waals surface area contributed by atoms with Crippen LogP contribution in [0.4, 0.5) is 0 Å². The molecule has 31 heavy (non-hydrogen) atoms. The van der Waals surface area contributed by atoms with Gasteiger partial charge in [-0.05, 0) is 29.6 Å². The fourth-order valence-electron chi connectivity index (χ4n) is 2.89. The lowest BCUT2D eigenvalue weighted by Gasteiger charge is -1.95. The Bertz CT molecular complexity index is 164. The van der Waals surface area contributed by atoms with E-state index < -0.39 is 0 Å². The van der Waals surface area contributed by atoms with Gasteiger partial charge in [-0.3, -0.25) is 0 Å². The molecule has 0 aromatic heterocycles. The normalized spacial score (nSPS) is 9.68. The van der Waals surface area contributed by atoms with Crippen molar-refractivity contribution in [1.29, 1.82) is 0 Å². The van der Waals surface area contributed by atoms with E-state index in [-0.39, 0.29) is 7.43 Å². The standard InChI is InChI=1S/5C6H14.CH4/c5*1-4-5-6(2)3;/h5*6H,4-5H2,1-3H3;1H4. The van der Waals surface area contributed by atoms with E-state index in [1.807, 2.05) is 0 Å². The summed E-state index contributed by atoms with van der Waals surface area (Å²) in [6.45, 7) is 33.6. The van der Waals surface area contributed by atoms with Crippen LogP contribution < -0.4 is 0 Å². The molecule has 0 bridgehead atoms. The Morgan fingerprint density at radius 3 is 0.387 bits per heavy atom. The summed E-state index contributed by atoms with van der Waals surface area (Å²) in [7, 11) is 0. The van der Waals surface area contributed by atoms with Crippen molar-refractivity contribution in [2.24, 2.45) is 29.6 Å². The lowest BCUT2D eigenvalue weighted by Crippen LogP contribution is -1.81. The largest absolute Gasteiger partial charge is 0.0776 e. The van der Waals surface area contributed by atoms with Crippen LogP contribution in [0.15, 0.2) is 0 Å². The van der Waals surface area contributed by atoms with Gasteiger partial charge >= 0.3 is 0 Å². The molecule has 0 nitrogen and oxygen atoms in total. The Kier molecular flexibility index (Phi) is 58.1. The van der Waals surface area contributed by atoms with E-state index in [4.69, 9.17) is 0 Å². The predicted octanol–water partition coefficient (Wildman–Crippen LogP) is 12.8. The van der Waals surface area contributed by atoms with Gasteiger partial charge in [-0.2, -0.15) is 0 Å². The Hall–Kier alpha value is 0. The van der Waals surface area contributed by atoms with Gasteiger partial charge in [-0.25, -0.2) is 0 Å². The molecule has 0 N–H and O–H groups in total. The average molecular weight is 447 g/mol. The first-order valence-electron chi connectivity index (χ1n) is 13.9. The molecule has 0 heterocycles. The van der Waals surface area contributed by atoms with Crippen LogP contribution in [0.25, 0.3) is 0 Å². The third kappa shape index (κ3) is 105. The molecule has 0 spiro atoms. The molecule has 0 aliphatic rings. The summed E-state index contributed by atoms with van der Waals surface area (Å²) in [5.74, 6) is 4.49. The summed E-state index contributed by atoms with van der Waals surface area (Å²) in [6.07, 6.45) is 13.5. The van der Waals surface area contributed by atoms with Crippen molar-refractivity contribution in [3.63, 3.8) is 0 Å².